The van der Waals surface area contributed by atoms with Crippen molar-refractivity contribution in [2.45, 2.75) is 0 Å². The summed E-state index contributed by atoms with van der Waals surface area (Å²) in [7, 11) is 1.50. The van der Waals surface area contributed by atoms with Crippen LogP contribution in [-0.2, 0) is 9.53 Å². The van der Waals surface area contributed by atoms with Crippen LogP contribution in [0.2, 0.25) is 10.0 Å². The normalized spacial score (nSPS) is 15.9. The molecule has 1 aromatic rings. The molecule has 1 saturated heterocycles. The Hall–Kier alpha value is -1.05. The zero-order valence-electron chi connectivity index (χ0n) is 10.9. The van der Waals surface area contributed by atoms with Gasteiger partial charge in [-0.3, -0.25) is 4.79 Å². The van der Waals surface area contributed by atoms with Gasteiger partial charge in [-0.1, -0.05) is 23.2 Å². The molecule has 2 N–H and O–H groups in total. The molecule has 0 atom stereocenters. The van der Waals surface area contributed by atoms with E-state index in [-0.39, 0.29) is 12.5 Å². The number of rotatable bonds is 4. The van der Waals surface area contributed by atoms with E-state index in [1.807, 2.05) is 0 Å². The van der Waals surface area contributed by atoms with Crippen LogP contribution in [-0.4, -0.2) is 44.5 Å². The Morgan fingerprint density at radius 2 is 2.30 bits per heavy atom. The summed E-state index contributed by atoms with van der Waals surface area (Å²) in [6.45, 7) is 1.84. The number of benzene rings is 1. The van der Waals surface area contributed by atoms with Crippen LogP contribution in [0.15, 0.2) is 12.1 Å². The Balaban J connectivity index is 1.99. The van der Waals surface area contributed by atoms with Crippen LogP contribution in [0.25, 0.3) is 0 Å². The van der Waals surface area contributed by atoms with Gasteiger partial charge in [-0.25, -0.2) is 10.4 Å². The Morgan fingerprint density at radius 1 is 1.50 bits per heavy atom. The van der Waals surface area contributed by atoms with Crippen molar-refractivity contribution in [3.8, 4) is 5.75 Å². The molecule has 1 aliphatic heterocycles. The molecule has 20 heavy (non-hydrogen) atoms. The van der Waals surface area contributed by atoms with Gasteiger partial charge < -0.3 is 14.8 Å². The minimum Gasteiger partial charge on any atom is -0.495 e. The molecular formula is C12H15Cl2N3O3. The zero-order valence-corrected chi connectivity index (χ0v) is 12.4. The molecule has 0 bridgehead atoms. The number of methoxy groups -OCH3 is 1. The molecule has 6 nitrogen and oxygen atoms in total. The standard InChI is InChI=1S/C12H15Cl2N3O3/c1-19-11-5-10(8(13)4-9(11)14)16-12(18)6-17-2-3-20-7-15-17/h4-5,15H,2-3,6-7H2,1H3,(H,16,18). The third kappa shape index (κ3) is 3.97. The van der Waals surface area contributed by atoms with Gasteiger partial charge in [-0.2, -0.15) is 0 Å². The number of carbonyl (C=O) groups is 1. The summed E-state index contributed by atoms with van der Waals surface area (Å²) in [4.78, 5) is 12.0. The Bertz CT molecular complexity index is 493. The predicted molar refractivity (Wildman–Crippen MR) is 77.2 cm³/mol. The van der Waals surface area contributed by atoms with E-state index in [0.29, 0.717) is 41.4 Å². The van der Waals surface area contributed by atoms with Crippen molar-refractivity contribution in [1.29, 1.82) is 0 Å². The first-order valence-electron chi connectivity index (χ1n) is 5.99. The van der Waals surface area contributed by atoms with Crippen LogP contribution in [0, 0.1) is 0 Å². The van der Waals surface area contributed by atoms with Gasteiger partial charge in [0, 0.05) is 12.6 Å². The highest BCUT2D eigenvalue weighted by atomic mass is 35.5. The van der Waals surface area contributed by atoms with Gasteiger partial charge in [0.05, 0.1) is 36.0 Å². The molecule has 0 aliphatic carbocycles. The van der Waals surface area contributed by atoms with Crippen molar-refractivity contribution in [3.63, 3.8) is 0 Å². The van der Waals surface area contributed by atoms with Crippen LogP contribution in [0.3, 0.4) is 0 Å². The van der Waals surface area contributed by atoms with E-state index >= 15 is 0 Å². The van der Waals surface area contributed by atoms with E-state index in [4.69, 9.17) is 32.7 Å². The highest BCUT2D eigenvalue weighted by Gasteiger charge is 2.15. The molecular weight excluding hydrogens is 305 g/mol. The fraction of sp³-hybridized carbons (Fsp3) is 0.417. The van der Waals surface area contributed by atoms with Crippen molar-refractivity contribution >= 4 is 34.8 Å². The van der Waals surface area contributed by atoms with Gasteiger partial charge in [-0.15, -0.1) is 0 Å². The summed E-state index contributed by atoms with van der Waals surface area (Å²) in [5.74, 6) is 0.265. The molecule has 1 fully saturated rings. The van der Waals surface area contributed by atoms with Crippen molar-refractivity contribution in [2.75, 3.05) is 38.9 Å². The summed E-state index contributed by atoms with van der Waals surface area (Å²) in [5, 5.41) is 5.26. The first-order valence-corrected chi connectivity index (χ1v) is 6.75. The second-order valence-corrected chi connectivity index (χ2v) is 4.96. The number of nitrogens with zero attached hydrogens (tertiary/aromatic N) is 1. The second kappa shape index (κ2) is 7.10. The molecule has 2 rings (SSSR count). The summed E-state index contributed by atoms with van der Waals surface area (Å²) < 4.78 is 10.2. The number of carbonyl (C=O) groups excluding carboxylic acids is 1. The number of amides is 1. The second-order valence-electron chi connectivity index (χ2n) is 4.15. The van der Waals surface area contributed by atoms with E-state index < -0.39 is 0 Å². The first kappa shape index (κ1) is 15.3. The SMILES string of the molecule is COc1cc(NC(=O)CN2CCOCN2)c(Cl)cc1Cl. The van der Waals surface area contributed by atoms with Gasteiger partial charge in [0.1, 0.15) is 12.5 Å². The molecule has 8 heteroatoms. The average Bonchev–Trinajstić information content (AvgIpc) is 2.43. The van der Waals surface area contributed by atoms with Gasteiger partial charge in [0.15, 0.2) is 0 Å². The number of nitrogens with one attached hydrogen (secondary N) is 2. The van der Waals surface area contributed by atoms with Crippen LogP contribution in [0.4, 0.5) is 5.69 Å². The lowest BCUT2D eigenvalue weighted by Crippen LogP contribution is -2.49. The maximum absolute atomic E-state index is 12.0. The number of hydrogen-bond donors (Lipinski definition) is 2. The highest BCUT2D eigenvalue weighted by Crippen LogP contribution is 2.33. The Kier molecular flexibility index (Phi) is 5.45. The number of anilines is 1. The largest absolute Gasteiger partial charge is 0.495 e. The van der Waals surface area contributed by atoms with Gasteiger partial charge in [-0.05, 0) is 6.07 Å². The van der Waals surface area contributed by atoms with Crippen molar-refractivity contribution < 1.29 is 14.3 Å². The molecule has 1 heterocycles. The number of hydrogen-bond acceptors (Lipinski definition) is 5. The third-order valence-electron chi connectivity index (χ3n) is 2.75. The Morgan fingerprint density at radius 3 is 2.95 bits per heavy atom. The first-order chi connectivity index (χ1) is 9.60. The molecule has 0 aromatic heterocycles. The van der Waals surface area contributed by atoms with Gasteiger partial charge in [0.2, 0.25) is 5.91 Å². The number of ether oxygens (including phenoxy) is 2. The molecule has 1 amide bonds. The summed E-state index contributed by atoms with van der Waals surface area (Å²) in [6, 6.07) is 3.12. The molecule has 110 valence electrons. The minimum absolute atomic E-state index is 0.189. The van der Waals surface area contributed by atoms with Gasteiger partial charge >= 0.3 is 0 Å². The molecule has 0 unspecified atom stereocenters. The Labute approximate surface area is 126 Å². The highest BCUT2D eigenvalue weighted by molar-refractivity contribution is 6.37. The molecule has 0 radical (unpaired) electrons. The van der Waals surface area contributed by atoms with Gasteiger partial charge in [0.25, 0.3) is 0 Å². The zero-order chi connectivity index (χ0) is 14.5. The number of halogens is 2. The van der Waals surface area contributed by atoms with Crippen molar-refractivity contribution in [3.05, 3.63) is 22.2 Å². The lowest BCUT2D eigenvalue weighted by molar-refractivity contribution is -0.120. The fourth-order valence-corrected chi connectivity index (χ4v) is 2.25. The minimum atomic E-state index is -0.189. The molecule has 1 aliphatic rings. The maximum atomic E-state index is 12.0. The number of hydrazine groups is 1. The van der Waals surface area contributed by atoms with E-state index in [1.54, 1.807) is 11.1 Å². The van der Waals surface area contributed by atoms with E-state index in [9.17, 15) is 4.79 Å². The molecule has 1 aromatic carbocycles. The molecule has 0 spiro atoms. The van der Waals surface area contributed by atoms with Crippen LogP contribution < -0.4 is 15.5 Å². The fourth-order valence-electron chi connectivity index (χ4n) is 1.74. The van der Waals surface area contributed by atoms with Crippen LogP contribution in [0.1, 0.15) is 0 Å². The van der Waals surface area contributed by atoms with Crippen LogP contribution in [0.5, 0.6) is 5.75 Å². The van der Waals surface area contributed by atoms with E-state index in [2.05, 4.69) is 10.7 Å². The summed E-state index contributed by atoms with van der Waals surface area (Å²) in [5.41, 5.74) is 3.42. The lowest BCUT2D eigenvalue weighted by atomic mass is 10.3. The third-order valence-corrected chi connectivity index (χ3v) is 3.35. The van der Waals surface area contributed by atoms with Crippen LogP contribution >= 0.6 is 23.2 Å². The predicted octanol–water partition coefficient (Wildman–Crippen LogP) is 1.73. The van der Waals surface area contributed by atoms with E-state index in [1.165, 1.54) is 13.2 Å². The quantitative estimate of drug-likeness (QED) is 0.885. The smallest absolute Gasteiger partial charge is 0.240 e. The average molecular weight is 320 g/mol. The molecule has 0 saturated carbocycles. The van der Waals surface area contributed by atoms with E-state index in [0.717, 1.165) is 0 Å². The maximum Gasteiger partial charge on any atom is 0.240 e. The lowest BCUT2D eigenvalue weighted by Gasteiger charge is -2.26. The van der Waals surface area contributed by atoms with Crippen molar-refractivity contribution in [1.82, 2.24) is 10.4 Å². The summed E-state index contributed by atoms with van der Waals surface area (Å²) in [6.07, 6.45) is 0. The monoisotopic (exact) mass is 319 g/mol. The van der Waals surface area contributed by atoms with Crippen molar-refractivity contribution in [2.24, 2.45) is 0 Å². The topological polar surface area (TPSA) is 62.8 Å². The summed E-state index contributed by atoms with van der Waals surface area (Å²) >= 11 is 12.0.